The molecule has 2 amide bonds. The van der Waals surface area contributed by atoms with Crippen molar-refractivity contribution in [2.45, 2.75) is 25.3 Å². The number of fused-ring (bicyclic) bond motifs is 4. The highest BCUT2D eigenvalue weighted by molar-refractivity contribution is 6.21. The van der Waals surface area contributed by atoms with Gasteiger partial charge in [-0.15, -0.1) is 0 Å². The van der Waals surface area contributed by atoms with Gasteiger partial charge in [-0.2, -0.15) is 0 Å². The number of nitrogens with one attached hydrogen (secondary N) is 1. The zero-order chi connectivity index (χ0) is 26.2. The Hall–Kier alpha value is -4.10. The van der Waals surface area contributed by atoms with E-state index in [1.54, 1.807) is 38.5 Å². The van der Waals surface area contributed by atoms with E-state index in [0.29, 0.717) is 29.2 Å². The highest BCUT2D eigenvalue weighted by Gasteiger charge is 2.35. The van der Waals surface area contributed by atoms with E-state index in [1.165, 1.54) is 21.5 Å². The van der Waals surface area contributed by atoms with E-state index in [1.807, 2.05) is 6.07 Å². The Labute approximate surface area is 222 Å². The number of carbonyl (C=O) groups is 2. The second-order valence-corrected chi connectivity index (χ2v) is 9.88. The number of benzene rings is 3. The highest BCUT2D eigenvalue weighted by atomic mass is 16.5. The van der Waals surface area contributed by atoms with Crippen LogP contribution in [0.3, 0.4) is 0 Å². The Bertz CT molecular complexity index is 1490. The van der Waals surface area contributed by atoms with Gasteiger partial charge >= 0.3 is 0 Å². The van der Waals surface area contributed by atoms with Crippen LogP contribution in [0.5, 0.6) is 11.5 Å². The molecule has 3 heterocycles. The molecule has 0 bridgehead atoms. The first kappa shape index (κ1) is 24.2. The summed E-state index contributed by atoms with van der Waals surface area (Å²) < 4.78 is 11.1. The fourth-order valence-corrected chi connectivity index (χ4v) is 5.96. The number of imide groups is 1. The number of hydrogen-bond acceptors (Lipinski definition) is 5. The zero-order valence-corrected chi connectivity index (χ0v) is 21.7. The largest absolute Gasteiger partial charge is 0.493 e. The SMILES string of the molecule is COc1ccc(C2c3[nH]c4ccccc4c3CCN2CCCCN2C(=O)c3ccccc3C2=O)cc1OC. The van der Waals surface area contributed by atoms with E-state index in [4.69, 9.17) is 9.47 Å². The van der Waals surface area contributed by atoms with Gasteiger partial charge in [-0.3, -0.25) is 19.4 Å². The number of rotatable bonds is 8. The minimum atomic E-state index is -0.186. The standard InChI is InChI=1S/C31H31N3O4/c1-37-26-14-13-20(19-27(26)38-2)29-28-22(21-9-5-6-12-25(21)32-28)15-18-33(29)16-7-8-17-34-30(35)23-10-3-4-11-24(23)31(34)36/h3-6,9-14,19,29,32H,7-8,15-18H2,1-2H3. The average Bonchev–Trinajstić information content (AvgIpc) is 3.45. The minimum Gasteiger partial charge on any atom is -0.493 e. The zero-order valence-electron chi connectivity index (χ0n) is 21.7. The Morgan fingerprint density at radius 2 is 1.53 bits per heavy atom. The number of hydrogen-bond donors (Lipinski definition) is 1. The minimum absolute atomic E-state index is 0.0326. The molecule has 0 radical (unpaired) electrons. The van der Waals surface area contributed by atoms with Gasteiger partial charge in [-0.25, -0.2) is 0 Å². The molecular formula is C31H31N3O4. The summed E-state index contributed by atoms with van der Waals surface area (Å²) in [6.45, 7) is 2.19. The lowest BCUT2D eigenvalue weighted by molar-refractivity contribution is 0.0649. The molecule has 1 aromatic heterocycles. The molecule has 1 N–H and O–H groups in total. The van der Waals surface area contributed by atoms with E-state index in [9.17, 15) is 9.59 Å². The fourth-order valence-electron chi connectivity index (χ4n) is 5.96. The maximum atomic E-state index is 12.7. The van der Waals surface area contributed by atoms with Crippen LogP contribution in [-0.2, 0) is 6.42 Å². The summed E-state index contributed by atoms with van der Waals surface area (Å²) in [6.07, 6.45) is 2.58. The Kier molecular flexibility index (Phi) is 6.37. The molecule has 38 heavy (non-hydrogen) atoms. The number of unbranched alkanes of at least 4 members (excludes halogenated alkanes) is 1. The van der Waals surface area contributed by atoms with Gasteiger partial charge in [-0.05, 0) is 67.3 Å². The van der Waals surface area contributed by atoms with Crippen LogP contribution in [0.25, 0.3) is 10.9 Å². The Morgan fingerprint density at radius 3 is 2.26 bits per heavy atom. The van der Waals surface area contributed by atoms with E-state index in [2.05, 4.69) is 46.3 Å². The molecule has 6 rings (SSSR count). The first-order chi connectivity index (χ1) is 18.6. The van der Waals surface area contributed by atoms with E-state index in [0.717, 1.165) is 43.4 Å². The Balaban J connectivity index is 1.23. The molecule has 0 saturated heterocycles. The van der Waals surface area contributed by atoms with Gasteiger partial charge in [0.1, 0.15) is 0 Å². The molecule has 3 aromatic carbocycles. The number of nitrogens with zero attached hydrogens (tertiary/aromatic N) is 2. The van der Waals surface area contributed by atoms with Gasteiger partial charge in [0.25, 0.3) is 11.8 Å². The molecule has 1 unspecified atom stereocenters. The fraction of sp³-hybridized carbons (Fsp3) is 0.290. The number of ether oxygens (including phenoxy) is 2. The topological polar surface area (TPSA) is 74.9 Å². The monoisotopic (exact) mass is 509 g/mol. The summed E-state index contributed by atoms with van der Waals surface area (Å²) in [7, 11) is 3.31. The van der Waals surface area contributed by atoms with Crippen LogP contribution in [0, 0.1) is 0 Å². The smallest absolute Gasteiger partial charge is 0.261 e. The molecule has 2 aliphatic rings. The summed E-state index contributed by atoms with van der Waals surface area (Å²) in [5.41, 5.74) is 5.88. The molecule has 7 nitrogen and oxygen atoms in total. The van der Waals surface area contributed by atoms with Gasteiger partial charge in [-0.1, -0.05) is 36.4 Å². The molecule has 2 aliphatic heterocycles. The molecule has 194 valence electrons. The van der Waals surface area contributed by atoms with Crippen molar-refractivity contribution in [3.63, 3.8) is 0 Å². The molecular weight excluding hydrogens is 478 g/mol. The lowest BCUT2D eigenvalue weighted by Gasteiger charge is -2.36. The third-order valence-electron chi connectivity index (χ3n) is 7.81. The van der Waals surface area contributed by atoms with Gasteiger partial charge in [0.2, 0.25) is 0 Å². The number of aromatic amines is 1. The van der Waals surface area contributed by atoms with Crippen LogP contribution in [-0.4, -0.2) is 60.5 Å². The van der Waals surface area contributed by atoms with Crippen LogP contribution in [0.1, 0.15) is 56.4 Å². The number of para-hydroxylation sites is 1. The molecule has 0 fully saturated rings. The lowest BCUT2D eigenvalue weighted by atomic mass is 9.92. The lowest BCUT2D eigenvalue weighted by Crippen LogP contribution is -2.37. The predicted molar refractivity (Wildman–Crippen MR) is 146 cm³/mol. The van der Waals surface area contributed by atoms with Gasteiger partial charge < -0.3 is 14.5 Å². The van der Waals surface area contributed by atoms with Gasteiger partial charge in [0.05, 0.1) is 31.4 Å². The quantitative estimate of drug-likeness (QED) is 0.261. The predicted octanol–water partition coefficient (Wildman–Crippen LogP) is 5.21. The second-order valence-electron chi connectivity index (χ2n) is 9.88. The van der Waals surface area contributed by atoms with Crippen molar-refractivity contribution in [1.29, 1.82) is 0 Å². The summed E-state index contributed by atoms with van der Waals surface area (Å²) in [5, 5.41) is 1.28. The molecule has 1 atom stereocenters. The van der Waals surface area contributed by atoms with Crippen LogP contribution in [0.4, 0.5) is 0 Å². The third-order valence-corrected chi connectivity index (χ3v) is 7.81. The summed E-state index contributed by atoms with van der Waals surface area (Å²) in [6, 6.07) is 21.7. The second kappa shape index (κ2) is 9.99. The van der Waals surface area contributed by atoms with Crippen LogP contribution >= 0.6 is 0 Å². The van der Waals surface area contributed by atoms with Crippen molar-refractivity contribution in [1.82, 2.24) is 14.8 Å². The van der Waals surface area contributed by atoms with Crippen molar-refractivity contribution < 1.29 is 19.1 Å². The maximum absolute atomic E-state index is 12.7. The van der Waals surface area contributed by atoms with Crippen molar-refractivity contribution in [3.05, 3.63) is 94.7 Å². The van der Waals surface area contributed by atoms with Crippen LogP contribution in [0.2, 0.25) is 0 Å². The summed E-state index contributed by atoms with van der Waals surface area (Å²) >= 11 is 0. The molecule has 0 aliphatic carbocycles. The number of aromatic nitrogens is 1. The van der Waals surface area contributed by atoms with Gasteiger partial charge in [0, 0.05) is 29.7 Å². The first-order valence-corrected chi connectivity index (χ1v) is 13.1. The van der Waals surface area contributed by atoms with Crippen LogP contribution in [0.15, 0.2) is 66.7 Å². The summed E-state index contributed by atoms with van der Waals surface area (Å²) in [5.74, 6) is 1.04. The van der Waals surface area contributed by atoms with E-state index < -0.39 is 0 Å². The number of methoxy groups -OCH3 is 2. The van der Waals surface area contributed by atoms with Gasteiger partial charge in [0.15, 0.2) is 11.5 Å². The number of H-pyrrole nitrogens is 1. The van der Waals surface area contributed by atoms with Crippen LogP contribution < -0.4 is 9.47 Å². The molecule has 0 saturated carbocycles. The molecule has 0 spiro atoms. The normalized spacial score (nSPS) is 17.1. The highest BCUT2D eigenvalue weighted by Crippen LogP contribution is 2.41. The first-order valence-electron chi connectivity index (χ1n) is 13.1. The third kappa shape index (κ3) is 4.03. The molecule has 7 heteroatoms. The van der Waals surface area contributed by atoms with Crippen molar-refractivity contribution in [2.24, 2.45) is 0 Å². The van der Waals surface area contributed by atoms with E-state index in [-0.39, 0.29) is 17.9 Å². The number of amides is 2. The molecule has 4 aromatic rings. The maximum Gasteiger partial charge on any atom is 0.261 e. The van der Waals surface area contributed by atoms with Crippen molar-refractivity contribution >= 4 is 22.7 Å². The Morgan fingerprint density at radius 1 is 0.842 bits per heavy atom. The van der Waals surface area contributed by atoms with E-state index >= 15 is 0 Å². The number of carbonyl (C=O) groups excluding carboxylic acids is 2. The summed E-state index contributed by atoms with van der Waals surface area (Å²) in [4.78, 5) is 33.1. The van der Waals surface area contributed by atoms with Crippen molar-refractivity contribution in [3.8, 4) is 11.5 Å². The average molecular weight is 510 g/mol. The van der Waals surface area contributed by atoms with Crippen molar-refractivity contribution in [2.75, 3.05) is 33.9 Å².